The molecule has 1 aromatic rings. The van der Waals surface area contributed by atoms with Crippen LogP contribution in [0.3, 0.4) is 0 Å². The molecular formula is C18H26N2O7S. The van der Waals surface area contributed by atoms with Gasteiger partial charge in [-0.2, -0.15) is 8.42 Å². The summed E-state index contributed by atoms with van der Waals surface area (Å²) in [6.07, 6.45) is 1.27. The Bertz CT molecular complexity index is 754. The van der Waals surface area contributed by atoms with Crippen molar-refractivity contribution in [1.29, 1.82) is 0 Å². The van der Waals surface area contributed by atoms with Crippen molar-refractivity contribution in [3.05, 3.63) is 35.9 Å². The van der Waals surface area contributed by atoms with Crippen LogP contribution in [-0.4, -0.2) is 59.1 Å². The van der Waals surface area contributed by atoms with Crippen molar-refractivity contribution in [2.45, 2.75) is 31.5 Å². The Morgan fingerprint density at radius 1 is 1.29 bits per heavy atom. The lowest BCUT2D eigenvalue weighted by Crippen LogP contribution is -2.44. The molecule has 1 aromatic carbocycles. The smallest absolute Gasteiger partial charge is 0.407 e. The summed E-state index contributed by atoms with van der Waals surface area (Å²) in [5.41, 5.74) is 0.826. The largest absolute Gasteiger partial charge is 0.468 e. The molecule has 0 bridgehead atoms. The first-order valence-electron chi connectivity index (χ1n) is 8.91. The number of benzene rings is 1. The molecule has 10 heteroatoms. The number of hydrogen-bond donors (Lipinski definition) is 2. The summed E-state index contributed by atoms with van der Waals surface area (Å²) in [4.78, 5) is 24.0. The molecule has 28 heavy (non-hydrogen) atoms. The number of carbonyl (C=O) groups is 2. The lowest BCUT2D eigenvalue weighted by molar-refractivity contribution is -0.143. The van der Waals surface area contributed by atoms with Gasteiger partial charge in [-0.25, -0.2) is 4.79 Å². The highest BCUT2D eigenvalue weighted by Gasteiger charge is 2.35. The number of hydrogen-bond acceptors (Lipinski definition) is 8. The molecule has 0 aliphatic carbocycles. The van der Waals surface area contributed by atoms with Gasteiger partial charge in [-0.15, -0.1) is 0 Å². The molecular weight excluding hydrogens is 388 g/mol. The Morgan fingerprint density at radius 2 is 2.00 bits per heavy atom. The second-order valence-electron chi connectivity index (χ2n) is 6.63. The van der Waals surface area contributed by atoms with E-state index in [4.69, 9.17) is 13.7 Å². The molecule has 3 atom stereocenters. The van der Waals surface area contributed by atoms with E-state index in [2.05, 4.69) is 10.6 Å². The van der Waals surface area contributed by atoms with Crippen LogP contribution in [0.1, 0.15) is 18.4 Å². The van der Waals surface area contributed by atoms with Gasteiger partial charge in [-0.05, 0) is 30.9 Å². The number of carbonyl (C=O) groups excluding carboxylic acids is 2. The van der Waals surface area contributed by atoms with Crippen LogP contribution in [0.5, 0.6) is 0 Å². The maximum absolute atomic E-state index is 12.2. The zero-order valence-electron chi connectivity index (χ0n) is 15.9. The molecule has 1 saturated heterocycles. The van der Waals surface area contributed by atoms with Gasteiger partial charge in [0.05, 0.1) is 26.0 Å². The third-order valence-corrected chi connectivity index (χ3v) is 4.98. The monoisotopic (exact) mass is 414 g/mol. The van der Waals surface area contributed by atoms with Crippen molar-refractivity contribution in [1.82, 2.24) is 10.6 Å². The zero-order valence-corrected chi connectivity index (χ0v) is 16.7. The number of rotatable bonds is 9. The predicted octanol–water partition coefficient (Wildman–Crippen LogP) is 0.799. The zero-order chi connectivity index (χ0) is 20.6. The highest BCUT2D eigenvalue weighted by molar-refractivity contribution is 7.85. The lowest BCUT2D eigenvalue weighted by atomic mass is 9.93. The van der Waals surface area contributed by atoms with Crippen LogP contribution in [0, 0.1) is 5.92 Å². The Balaban J connectivity index is 1.95. The summed E-state index contributed by atoms with van der Waals surface area (Å²) >= 11 is 0. The minimum Gasteiger partial charge on any atom is -0.468 e. The summed E-state index contributed by atoms with van der Waals surface area (Å²) in [5, 5.41) is 5.69. The van der Waals surface area contributed by atoms with Gasteiger partial charge in [0.25, 0.3) is 10.1 Å². The first-order chi connectivity index (χ1) is 13.3. The summed E-state index contributed by atoms with van der Waals surface area (Å²) < 4.78 is 37.5. The molecule has 1 amide bonds. The molecule has 0 aromatic heterocycles. The van der Waals surface area contributed by atoms with E-state index in [0.717, 1.165) is 11.8 Å². The van der Waals surface area contributed by atoms with E-state index in [1.807, 2.05) is 30.3 Å². The van der Waals surface area contributed by atoms with E-state index in [1.54, 1.807) is 0 Å². The predicted molar refractivity (Wildman–Crippen MR) is 101 cm³/mol. The van der Waals surface area contributed by atoms with E-state index in [0.29, 0.717) is 19.4 Å². The van der Waals surface area contributed by atoms with Gasteiger partial charge in [0.2, 0.25) is 0 Å². The molecule has 0 radical (unpaired) electrons. The fourth-order valence-electron chi connectivity index (χ4n) is 3.09. The molecule has 0 spiro atoms. The molecule has 1 fully saturated rings. The van der Waals surface area contributed by atoms with Gasteiger partial charge in [0.15, 0.2) is 0 Å². The average Bonchev–Trinajstić information content (AvgIpc) is 3.12. The van der Waals surface area contributed by atoms with Gasteiger partial charge < -0.3 is 20.1 Å². The minimum atomic E-state index is -3.68. The van der Waals surface area contributed by atoms with E-state index in [-0.39, 0.29) is 19.1 Å². The quantitative estimate of drug-likeness (QED) is 0.450. The van der Waals surface area contributed by atoms with Crippen LogP contribution >= 0.6 is 0 Å². The van der Waals surface area contributed by atoms with Crippen LogP contribution < -0.4 is 10.6 Å². The number of ether oxygens (including phenoxy) is 2. The van der Waals surface area contributed by atoms with Crippen molar-refractivity contribution >= 4 is 22.2 Å². The maximum Gasteiger partial charge on any atom is 0.407 e. The third-order valence-electron chi connectivity index (χ3n) is 4.41. The first-order valence-corrected chi connectivity index (χ1v) is 10.7. The van der Waals surface area contributed by atoms with Gasteiger partial charge in [0, 0.05) is 0 Å². The SMILES string of the molecule is COC(=O)[C@H]1NCCC1CC(COS(C)(=O)=O)NC(=O)OCc1ccccc1. The molecule has 2 N–H and O–H groups in total. The van der Waals surface area contributed by atoms with Crippen LogP contribution in [0.15, 0.2) is 30.3 Å². The normalized spacial score (nSPS) is 20.4. The van der Waals surface area contributed by atoms with Gasteiger partial charge >= 0.3 is 12.1 Å². The molecule has 1 aliphatic heterocycles. The number of amides is 1. The van der Waals surface area contributed by atoms with E-state index in [1.165, 1.54) is 7.11 Å². The summed E-state index contributed by atoms with van der Waals surface area (Å²) in [5.74, 6) is -0.521. The van der Waals surface area contributed by atoms with Crippen LogP contribution in [-0.2, 0) is 35.2 Å². The molecule has 1 aliphatic rings. The Labute approximate surface area is 164 Å². The second kappa shape index (κ2) is 10.4. The fourth-order valence-corrected chi connectivity index (χ4v) is 3.50. The molecule has 0 saturated carbocycles. The van der Waals surface area contributed by atoms with Crippen LogP contribution in [0.25, 0.3) is 0 Å². The van der Waals surface area contributed by atoms with E-state index in [9.17, 15) is 18.0 Å². The Hall–Kier alpha value is -2.17. The summed E-state index contributed by atoms with van der Waals surface area (Å²) in [6.45, 7) is 0.467. The Kier molecular flexibility index (Phi) is 8.21. The molecule has 2 rings (SSSR count). The van der Waals surface area contributed by atoms with Crippen molar-refractivity contribution in [3.8, 4) is 0 Å². The number of alkyl carbamates (subject to hydrolysis) is 1. The standard InChI is InChI=1S/C18H26N2O7S/c1-25-17(21)16-14(8-9-19-16)10-15(12-27-28(2,23)24)20-18(22)26-11-13-6-4-3-5-7-13/h3-7,14-16,19H,8-12H2,1-2H3,(H,20,22)/t14?,15?,16-/m0/s1. The van der Waals surface area contributed by atoms with Crippen molar-refractivity contribution in [2.75, 3.05) is 26.5 Å². The third kappa shape index (κ3) is 7.45. The number of methoxy groups -OCH3 is 1. The highest BCUT2D eigenvalue weighted by Crippen LogP contribution is 2.22. The number of esters is 1. The van der Waals surface area contributed by atoms with E-state index >= 15 is 0 Å². The molecule has 1 heterocycles. The van der Waals surface area contributed by atoms with E-state index < -0.39 is 34.3 Å². The number of nitrogens with one attached hydrogen (secondary N) is 2. The maximum atomic E-state index is 12.2. The average molecular weight is 414 g/mol. The summed E-state index contributed by atoms with van der Waals surface area (Å²) in [7, 11) is -2.37. The summed E-state index contributed by atoms with van der Waals surface area (Å²) in [6, 6.07) is 8.02. The first kappa shape index (κ1) is 22.1. The van der Waals surface area contributed by atoms with Crippen molar-refractivity contribution in [3.63, 3.8) is 0 Å². The van der Waals surface area contributed by atoms with Gasteiger partial charge in [0.1, 0.15) is 12.6 Å². The Morgan fingerprint density at radius 3 is 2.64 bits per heavy atom. The topological polar surface area (TPSA) is 120 Å². The highest BCUT2D eigenvalue weighted by atomic mass is 32.2. The molecule has 2 unspecified atom stereocenters. The second-order valence-corrected chi connectivity index (χ2v) is 8.27. The van der Waals surface area contributed by atoms with Crippen molar-refractivity contribution in [2.24, 2.45) is 5.92 Å². The lowest BCUT2D eigenvalue weighted by Gasteiger charge is -2.24. The fraction of sp³-hybridized carbons (Fsp3) is 0.556. The van der Waals surface area contributed by atoms with Crippen LogP contribution in [0.2, 0.25) is 0 Å². The van der Waals surface area contributed by atoms with Gasteiger partial charge in [-0.1, -0.05) is 30.3 Å². The molecule has 9 nitrogen and oxygen atoms in total. The molecule has 156 valence electrons. The van der Waals surface area contributed by atoms with Gasteiger partial charge in [-0.3, -0.25) is 8.98 Å². The van der Waals surface area contributed by atoms with Crippen LogP contribution in [0.4, 0.5) is 4.79 Å². The minimum absolute atomic E-state index is 0.0854. The van der Waals surface area contributed by atoms with Crippen molar-refractivity contribution < 1.29 is 31.7 Å².